The zero-order valence-electron chi connectivity index (χ0n) is 13.9. The molecule has 4 aliphatic rings. The van der Waals surface area contributed by atoms with Crippen LogP contribution in [0.25, 0.3) is 0 Å². The van der Waals surface area contributed by atoms with Crippen LogP contribution in [0.4, 0.5) is 0 Å². The fourth-order valence-electron chi connectivity index (χ4n) is 6.12. The van der Waals surface area contributed by atoms with Gasteiger partial charge in [-0.2, -0.15) is 0 Å². The van der Waals surface area contributed by atoms with E-state index in [1.54, 1.807) is 0 Å². The number of hydrogen-bond donors (Lipinski definition) is 5. The summed E-state index contributed by atoms with van der Waals surface area (Å²) >= 11 is 0. The molecule has 130 valence electrons. The molecule has 4 rings (SSSR count). The van der Waals surface area contributed by atoms with Crippen LogP contribution in [-0.4, -0.2) is 57.4 Å². The second-order valence-electron chi connectivity index (χ2n) is 8.78. The highest BCUT2D eigenvalue weighted by Gasteiger charge is 2.63. The molecule has 2 saturated carbocycles. The summed E-state index contributed by atoms with van der Waals surface area (Å²) in [6.45, 7) is 4.94. The molecule has 3 fully saturated rings. The van der Waals surface area contributed by atoms with Crippen LogP contribution in [0.1, 0.15) is 39.5 Å². The lowest BCUT2D eigenvalue weighted by molar-refractivity contribution is -0.101. The summed E-state index contributed by atoms with van der Waals surface area (Å²) in [5.74, 6) is 0.164. The summed E-state index contributed by atoms with van der Waals surface area (Å²) in [6.07, 6.45) is 2.46. The Morgan fingerprint density at radius 3 is 2.61 bits per heavy atom. The SMILES string of the molecule is C[C@]12CC[C@H](O)C=C1C[C@H](O)C1C2NC[C@@]2(C)C1C[C@@H](O)[C@@H]2O. The van der Waals surface area contributed by atoms with Gasteiger partial charge in [0.05, 0.1) is 24.4 Å². The van der Waals surface area contributed by atoms with E-state index in [9.17, 15) is 20.4 Å². The molecule has 3 unspecified atom stereocenters. The van der Waals surface area contributed by atoms with Crippen LogP contribution in [0.3, 0.4) is 0 Å². The van der Waals surface area contributed by atoms with Crippen molar-refractivity contribution in [1.29, 1.82) is 0 Å². The van der Waals surface area contributed by atoms with E-state index in [0.29, 0.717) is 19.4 Å². The average Bonchev–Trinajstić information content (AvgIpc) is 2.73. The van der Waals surface area contributed by atoms with E-state index >= 15 is 0 Å². The summed E-state index contributed by atoms with van der Waals surface area (Å²) in [4.78, 5) is 0. The van der Waals surface area contributed by atoms with E-state index in [1.807, 2.05) is 13.0 Å². The van der Waals surface area contributed by atoms with Crippen molar-refractivity contribution in [2.45, 2.75) is 70.0 Å². The number of nitrogens with one attached hydrogen (secondary N) is 1. The van der Waals surface area contributed by atoms with Crippen LogP contribution in [0.2, 0.25) is 0 Å². The van der Waals surface area contributed by atoms with Crippen LogP contribution < -0.4 is 5.32 Å². The highest BCUT2D eigenvalue weighted by atomic mass is 16.3. The molecule has 0 amide bonds. The molecule has 0 aromatic rings. The molecular weight excluding hydrogens is 294 g/mol. The van der Waals surface area contributed by atoms with Gasteiger partial charge in [-0.1, -0.05) is 25.5 Å². The third-order valence-electron chi connectivity index (χ3n) is 7.58. The Morgan fingerprint density at radius 2 is 1.87 bits per heavy atom. The predicted octanol–water partition coefficient (Wildman–Crippen LogP) is 0.174. The van der Waals surface area contributed by atoms with E-state index in [4.69, 9.17) is 0 Å². The van der Waals surface area contributed by atoms with Crippen LogP contribution in [0.5, 0.6) is 0 Å². The lowest BCUT2D eigenvalue weighted by Gasteiger charge is -2.59. The molecule has 0 aromatic carbocycles. The van der Waals surface area contributed by atoms with Gasteiger partial charge in [0.25, 0.3) is 0 Å². The molecule has 1 heterocycles. The Morgan fingerprint density at radius 1 is 1.13 bits per heavy atom. The number of aliphatic hydroxyl groups excluding tert-OH is 4. The van der Waals surface area contributed by atoms with E-state index < -0.39 is 24.4 Å². The Labute approximate surface area is 137 Å². The number of aliphatic hydroxyl groups is 4. The minimum Gasteiger partial charge on any atom is -0.392 e. The third kappa shape index (κ3) is 2.04. The van der Waals surface area contributed by atoms with Gasteiger partial charge in [0.1, 0.15) is 0 Å². The van der Waals surface area contributed by atoms with Crippen LogP contribution in [0.15, 0.2) is 11.6 Å². The summed E-state index contributed by atoms with van der Waals surface area (Å²) in [7, 11) is 0. The Kier molecular flexibility index (Phi) is 3.50. The minimum atomic E-state index is -0.730. The maximum absolute atomic E-state index is 10.9. The smallest absolute Gasteiger partial charge is 0.0867 e. The molecule has 5 heteroatoms. The minimum absolute atomic E-state index is 0.0398. The Bertz CT molecular complexity index is 537. The van der Waals surface area contributed by atoms with Crippen molar-refractivity contribution in [3.63, 3.8) is 0 Å². The number of rotatable bonds is 0. The molecule has 5 N–H and O–H groups in total. The molecule has 1 aliphatic heterocycles. The number of piperidine rings is 1. The largest absolute Gasteiger partial charge is 0.392 e. The molecule has 0 spiro atoms. The van der Waals surface area contributed by atoms with E-state index in [-0.39, 0.29) is 28.7 Å². The summed E-state index contributed by atoms with van der Waals surface area (Å²) in [5.41, 5.74) is 0.733. The number of hydrogen-bond acceptors (Lipinski definition) is 5. The zero-order chi connectivity index (χ0) is 16.6. The Hall–Kier alpha value is -0.460. The first-order valence-corrected chi connectivity index (χ1v) is 8.94. The molecule has 23 heavy (non-hydrogen) atoms. The highest BCUT2D eigenvalue weighted by molar-refractivity contribution is 5.29. The second-order valence-corrected chi connectivity index (χ2v) is 8.78. The van der Waals surface area contributed by atoms with Crippen molar-refractivity contribution in [3.8, 4) is 0 Å². The van der Waals surface area contributed by atoms with Gasteiger partial charge in [0.2, 0.25) is 0 Å². The van der Waals surface area contributed by atoms with Crippen molar-refractivity contribution in [3.05, 3.63) is 11.6 Å². The molecule has 9 atom stereocenters. The van der Waals surface area contributed by atoms with Gasteiger partial charge in [0.15, 0.2) is 0 Å². The van der Waals surface area contributed by atoms with E-state index in [2.05, 4.69) is 12.2 Å². The van der Waals surface area contributed by atoms with Crippen LogP contribution >= 0.6 is 0 Å². The van der Waals surface area contributed by atoms with Crippen LogP contribution in [0, 0.1) is 22.7 Å². The summed E-state index contributed by atoms with van der Waals surface area (Å²) < 4.78 is 0. The average molecular weight is 323 g/mol. The lowest BCUT2D eigenvalue weighted by atomic mass is 9.52. The quantitative estimate of drug-likeness (QED) is 0.410. The van der Waals surface area contributed by atoms with Crippen molar-refractivity contribution >= 4 is 0 Å². The predicted molar refractivity (Wildman–Crippen MR) is 85.6 cm³/mol. The molecule has 3 aliphatic carbocycles. The van der Waals surface area contributed by atoms with Gasteiger partial charge in [-0.25, -0.2) is 0 Å². The van der Waals surface area contributed by atoms with Gasteiger partial charge in [-0.15, -0.1) is 0 Å². The fourth-order valence-corrected chi connectivity index (χ4v) is 6.12. The molecule has 0 bridgehead atoms. The second kappa shape index (κ2) is 5.02. The summed E-state index contributed by atoms with van der Waals surface area (Å²) in [6, 6.07) is 0.139. The van der Waals surface area contributed by atoms with Gasteiger partial charge < -0.3 is 25.7 Å². The standard InChI is InChI=1S/C18H29NO4/c1-17-4-3-10(20)5-9(17)6-12(21)14-11-7-13(22)16(23)18(11,2)8-19-15(14)17/h5,10-16,19-23H,3-4,6-8H2,1-2H3/t10-,11?,12-,13+,14?,15?,16-,17-,18-/m0/s1. The van der Waals surface area contributed by atoms with E-state index in [1.165, 1.54) is 5.57 Å². The molecule has 0 radical (unpaired) electrons. The highest BCUT2D eigenvalue weighted by Crippen LogP contribution is 2.59. The zero-order valence-corrected chi connectivity index (χ0v) is 13.9. The van der Waals surface area contributed by atoms with Crippen molar-refractivity contribution in [2.75, 3.05) is 6.54 Å². The first kappa shape index (κ1) is 16.0. The first-order chi connectivity index (χ1) is 10.8. The van der Waals surface area contributed by atoms with Gasteiger partial charge >= 0.3 is 0 Å². The normalized spacial score (nSPS) is 58.9. The Balaban J connectivity index is 1.73. The molecular formula is C18H29NO4. The fraction of sp³-hybridized carbons (Fsp3) is 0.889. The molecule has 5 nitrogen and oxygen atoms in total. The maximum Gasteiger partial charge on any atom is 0.0867 e. The van der Waals surface area contributed by atoms with Crippen molar-refractivity contribution in [1.82, 2.24) is 5.32 Å². The van der Waals surface area contributed by atoms with Crippen molar-refractivity contribution in [2.24, 2.45) is 22.7 Å². The van der Waals surface area contributed by atoms with Crippen molar-refractivity contribution < 1.29 is 20.4 Å². The topological polar surface area (TPSA) is 93.0 Å². The molecule has 0 aromatic heterocycles. The lowest BCUT2D eigenvalue weighted by Crippen LogP contribution is -2.67. The van der Waals surface area contributed by atoms with Gasteiger partial charge in [-0.3, -0.25) is 0 Å². The van der Waals surface area contributed by atoms with Crippen LogP contribution in [-0.2, 0) is 0 Å². The van der Waals surface area contributed by atoms with E-state index in [0.717, 1.165) is 12.8 Å². The molecule has 1 saturated heterocycles. The third-order valence-corrected chi connectivity index (χ3v) is 7.58. The maximum atomic E-state index is 10.9. The summed E-state index contributed by atoms with van der Waals surface area (Å²) in [5, 5.41) is 45.1. The first-order valence-electron chi connectivity index (χ1n) is 8.94. The van der Waals surface area contributed by atoms with Gasteiger partial charge in [-0.05, 0) is 31.6 Å². The number of fused-ring (bicyclic) bond motifs is 5. The van der Waals surface area contributed by atoms with Gasteiger partial charge in [0, 0.05) is 29.3 Å². The monoisotopic (exact) mass is 323 g/mol.